The lowest BCUT2D eigenvalue weighted by atomic mass is 9.91. The quantitative estimate of drug-likeness (QED) is 0.0380. The van der Waals surface area contributed by atoms with E-state index in [1.807, 2.05) is 0 Å². The third-order valence-corrected chi connectivity index (χ3v) is 8.68. The number of Topliss-reactive ketones (excluding diaryl/α,β-unsaturated/α-hetero) is 1. The molecular weight excluding hydrogens is 546 g/mol. The second-order valence-electron chi connectivity index (χ2n) is 12.9. The van der Waals surface area contributed by atoms with Gasteiger partial charge in [0.05, 0.1) is 25.2 Å². The molecule has 0 aromatic rings. The number of carbonyl (C=O) groups is 2. The number of hydrogen-bond acceptors (Lipinski definition) is 4. The number of aliphatic hydroxyl groups is 2. The highest BCUT2D eigenvalue weighted by Gasteiger charge is 2.27. The zero-order valence-electron chi connectivity index (χ0n) is 29.2. The second-order valence-corrected chi connectivity index (χ2v) is 12.9. The minimum absolute atomic E-state index is 0.00684. The maximum Gasteiger partial charge on any atom is 0.230 e. The van der Waals surface area contributed by atoms with Gasteiger partial charge in [0, 0.05) is 6.42 Å². The van der Waals surface area contributed by atoms with Crippen molar-refractivity contribution in [3.63, 3.8) is 0 Å². The van der Waals surface area contributed by atoms with Crippen LogP contribution in [0.15, 0.2) is 24.3 Å². The van der Waals surface area contributed by atoms with E-state index >= 15 is 0 Å². The first-order valence-electron chi connectivity index (χ1n) is 18.9. The van der Waals surface area contributed by atoms with Crippen LogP contribution in [0.25, 0.3) is 0 Å². The molecule has 0 heterocycles. The van der Waals surface area contributed by atoms with Gasteiger partial charge in [0.1, 0.15) is 5.78 Å². The Labute approximate surface area is 273 Å². The zero-order chi connectivity index (χ0) is 32.4. The highest BCUT2D eigenvalue weighted by molar-refractivity contribution is 6.01. The molecule has 44 heavy (non-hydrogen) atoms. The molecule has 5 nitrogen and oxygen atoms in total. The Kier molecular flexibility index (Phi) is 33.3. The molecule has 5 heteroatoms. The van der Waals surface area contributed by atoms with Gasteiger partial charge < -0.3 is 15.5 Å². The smallest absolute Gasteiger partial charge is 0.230 e. The van der Waals surface area contributed by atoms with Gasteiger partial charge in [-0.2, -0.15) is 0 Å². The van der Waals surface area contributed by atoms with Crippen LogP contribution in [0.1, 0.15) is 187 Å². The van der Waals surface area contributed by atoms with Crippen LogP contribution in [0.3, 0.4) is 0 Å². The summed E-state index contributed by atoms with van der Waals surface area (Å²) >= 11 is 0. The lowest BCUT2D eigenvalue weighted by Gasteiger charge is -2.19. The summed E-state index contributed by atoms with van der Waals surface area (Å²) in [5.74, 6) is -1.01. The number of hydrogen-bond donors (Lipinski definition) is 3. The van der Waals surface area contributed by atoms with E-state index in [1.54, 1.807) is 0 Å². The van der Waals surface area contributed by atoms with Crippen molar-refractivity contribution in [2.45, 2.75) is 193 Å². The minimum Gasteiger partial charge on any atom is -0.394 e. The molecule has 258 valence electrons. The van der Waals surface area contributed by atoms with Crippen LogP contribution in [0.2, 0.25) is 0 Å². The first kappa shape index (κ1) is 42.5. The Morgan fingerprint density at radius 3 is 1.30 bits per heavy atom. The number of amides is 1. The van der Waals surface area contributed by atoms with Gasteiger partial charge in [0.15, 0.2) is 0 Å². The normalized spacial score (nSPS) is 12.6. The van der Waals surface area contributed by atoms with E-state index in [2.05, 4.69) is 43.5 Å². The van der Waals surface area contributed by atoms with E-state index in [0.717, 1.165) is 57.8 Å². The number of ketones is 1. The second kappa shape index (κ2) is 34.4. The largest absolute Gasteiger partial charge is 0.394 e. The molecule has 0 radical (unpaired) electrons. The van der Waals surface area contributed by atoms with Crippen LogP contribution < -0.4 is 5.32 Å². The van der Waals surface area contributed by atoms with E-state index in [-0.39, 0.29) is 24.9 Å². The summed E-state index contributed by atoms with van der Waals surface area (Å²) in [4.78, 5) is 25.9. The van der Waals surface area contributed by atoms with Gasteiger partial charge >= 0.3 is 0 Å². The molecule has 1 unspecified atom stereocenters. The van der Waals surface area contributed by atoms with Crippen molar-refractivity contribution >= 4 is 11.7 Å². The summed E-state index contributed by atoms with van der Waals surface area (Å²) in [7, 11) is 0. The van der Waals surface area contributed by atoms with Crippen molar-refractivity contribution < 1.29 is 19.8 Å². The van der Waals surface area contributed by atoms with Crippen molar-refractivity contribution in [1.82, 2.24) is 5.32 Å². The zero-order valence-corrected chi connectivity index (χ0v) is 29.2. The van der Waals surface area contributed by atoms with Crippen LogP contribution in [-0.2, 0) is 9.59 Å². The number of allylic oxidation sites excluding steroid dienone is 4. The molecule has 0 saturated carbocycles. The molecule has 0 spiro atoms. The Morgan fingerprint density at radius 2 is 0.886 bits per heavy atom. The molecule has 1 atom stereocenters. The van der Waals surface area contributed by atoms with Gasteiger partial charge in [-0.1, -0.05) is 141 Å². The number of nitrogens with one attached hydrogen (secondary N) is 1. The Morgan fingerprint density at radius 1 is 0.523 bits per heavy atom. The van der Waals surface area contributed by atoms with E-state index in [4.69, 9.17) is 0 Å². The average Bonchev–Trinajstić information content (AvgIpc) is 3.03. The van der Waals surface area contributed by atoms with E-state index < -0.39 is 12.0 Å². The molecule has 0 fully saturated rings. The van der Waals surface area contributed by atoms with Gasteiger partial charge in [0.2, 0.25) is 5.91 Å². The number of carbonyl (C=O) groups excluding carboxylic acids is 2. The number of unbranched alkanes of at least 4 members (excludes halogenated alkanes) is 21. The molecule has 0 bridgehead atoms. The van der Waals surface area contributed by atoms with Gasteiger partial charge in [-0.25, -0.2) is 0 Å². The highest BCUT2D eigenvalue weighted by atomic mass is 16.3. The van der Waals surface area contributed by atoms with Crippen LogP contribution in [0.4, 0.5) is 0 Å². The van der Waals surface area contributed by atoms with Crippen LogP contribution in [-0.4, -0.2) is 41.2 Å². The number of aliphatic hydroxyl groups excluding tert-OH is 2. The van der Waals surface area contributed by atoms with E-state index in [1.165, 1.54) is 103 Å². The van der Waals surface area contributed by atoms with Crippen LogP contribution >= 0.6 is 0 Å². The first-order chi connectivity index (χ1) is 21.6. The Hall–Kier alpha value is -1.46. The molecule has 0 aromatic heterocycles. The molecule has 0 aliphatic heterocycles. The predicted molar refractivity (Wildman–Crippen MR) is 189 cm³/mol. The molecule has 1 amide bonds. The summed E-state index contributed by atoms with van der Waals surface area (Å²) in [6, 6.07) is -0.708. The fourth-order valence-corrected chi connectivity index (χ4v) is 5.68. The Bertz CT molecular complexity index is 686. The lowest BCUT2D eigenvalue weighted by molar-refractivity contribution is -0.135. The van der Waals surface area contributed by atoms with E-state index in [9.17, 15) is 19.8 Å². The molecule has 0 aliphatic carbocycles. The van der Waals surface area contributed by atoms with Crippen LogP contribution in [0.5, 0.6) is 0 Å². The summed E-state index contributed by atoms with van der Waals surface area (Å²) in [6.07, 6.45) is 40.5. The monoisotopic (exact) mass is 620 g/mol. The van der Waals surface area contributed by atoms with Crippen molar-refractivity contribution in [2.24, 2.45) is 5.92 Å². The summed E-state index contributed by atoms with van der Waals surface area (Å²) in [6.45, 7) is 3.85. The van der Waals surface area contributed by atoms with Gasteiger partial charge in [-0.05, 0) is 64.2 Å². The standard InChI is InChI=1S/C39H73NO4/c1-3-5-7-9-11-13-15-17-19-21-23-25-27-29-31-33-38(43)37(39(44)40-36(34-41)35-42)32-30-28-26-24-22-20-18-16-14-12-10-8-6-4-2/h17-20,36-37,41-42H,3-16,21-35H2,1-2H3,(H,40,44)/b19-17-,20-18-. The van der Waals surface area contributed by atoms with Crippen molar-refractivity contribution in [3.05, 3.63) is 24.3 Å². The van der Waals surface area contributed by atoms with E-state index in [0.29, 0.717) is 12.8 Å². The molecular formula is C39H73NO4. The maximum absolute atomic E-state index is 13.0. The predicted octanol–water partition coefficient (Wildman–Crippen LogP) is 10.3. The third-order valence-electron chi connectivity index (χ3n) is 8.68. The highest BCUT2D eigenvalue weighted by Crippen LogP contribution is 2.18. The van der Waals surface area contributed by atoms with Gasteiger partial charge in [-0.3, -0.25) is 9.59 Å². The number of rotatable bonds is 34. The fraction of sp³-hybridized carbons (Fsp3) is 0.846. The lowest BCUT2D eigenvalue weighted by Crippen LogP contribution is -2.45. The Balaban J connectivity index is 4.15. The molecule has 0 saturated heterocycles. The molecule has 3 N–H and O–H groups in total. The molecule has 0 aromatic carbocycles. The molecule has 0 rings (SSSR count). The topological polar surface area (TPSA) is 86.6 Å². The summed E-state index contributed by atoms with van der Waals surface area (Å²) in [5, 5.41) is 21.4. The van der Waals surface area contributed by atoms with Crippen molar-refractivity contribution in [1.29, 1.82) is 0 Å². The maximum atomic E-state index is 13.0. The van der Waals surface area contributed by atoms with Crippen molar-refractivity contribution in [3.8, 4) is 0 Å². The third kappa shape index (κ3) is 28.0. The SMILES string of the molecule is CCCCCCCC/C=C\CCCCCCCC(=O)C(CCCCCC/C=C\CCCCCCCC)C(=O)NC(CO)CO. The average molecular weight is 620 g/mol. The fourth-order valence-electron chi connectivity index (χ4n) is 5.68. The summed E-state index contributed by atoms with van der Waals surface area (Å²) in [5.41, 5.74) is 0. The van der Waals surface area contributed by atoms with Gasteiger partial charge in [-0.15, -0.1) is 0 Å². The molecule has 0 aliphatic rings. The summed E-state index contributed by atoms with van der Waals surface area (Å²) < 4.78 is 0. The van der Waals surface area contributed by atoms with Crippen LogP contribution in [0, 0.1) is 5.92 Å². The first-order valence-corrected chi connectivity index (χ1v) is 18.9. The minimum atomic E-state index is -0.708. The van der Waals surface area contributed by atoms with Gasteiger partial charge in [0.25, 0.3) is 0 Å². The van der Waals surface area contributed by atoms with Crippen molar-refractivity contribution in [2.75, 3.05) is 13.2 Å².